The van der Waals surface area contributed by atoms with E-state index < -0.39 is 28.5 Å². The highest BCUT2D eigenvalue weighted by Gasteiger charge is 2.22. The number of carbonyl (C=O) groups excluding carboxylic acids is 2. The Morgan fingerprint density at radius 3 is 2.31 bits per heavy atom. The summed E-state index contributed by atoms with van der Waals surface area (Å²) < 4.78 is 42.5. The number of nitrogens with zero attached hydrogens (tertiary/aromatic N) is 1. The maximum absolute atomic E-state index is 12.5. The molecule has 2 aromatic rings. The lowest BCUT2D eigenvalue weighted by Crippen LogP contribution is -2.30. The maximum atomic E-state index is 12.5. The molecular weight excluding hydrogens is 436 g/mol. The zero-order chi connectivity index (χ0) is 23.1. The van der Waals surface area contributed by atoms with Gasteiger partial charge < -0.3 is 19.5 Å². The lowest BCUT2D eigenvalue weighted by atomic mass is 10.2. The molecule has 0 radical (unpaired) electrons. The normalized spacial score (nSPS) is 13.3. The molecule has 0 fully saturated rings. The molecule has 0 saturated heterocycles. The summed E-state index contributed by atoms with van der Waals surface area (Å²) in [5.74, 6) is -0.102. The van der Waals surface area contributed by atoms with Crippen LogP contribution >= 0.6 is 0 Å². The molecule has 1 heterocycles. The van der Waals surface area contributed by atoms with Crippen LogP contribution in [0.25, 0.3) is 0 Å². The van der Waals surface area contributed by atoms with Crippen LogP contribution in [0.3, 0.4) is 0 Å². The number of fused-ring (bicyclic) bond motifs is 1. The largest absolute Gasteiger partial charge is 0.490 e. The van der Waals surface area contributed by atoms with Gasteiger partial charge in [0.05, 0.1) is 23.7 Å². The Bertz CT molecular complexity index is 1060. The van der Waals surface area contributed by atoms with E-state index in [-0.39, 0.29) is 10.5 Å². The molecule has 0 atom stereocenters. The fourth-order valence-electron chi connectivity index (χ4n) is 3.13. The molecule has 9 nitrogen and oxygen atoms in total. The SMILES string of the molecule is CCN(CC)S(=O)(=O)c1ccc(C(=O)OCC(=O)Nc2ccc3c(c2)OCCCO3)cc1. The average molecular weight is 463 g/mol. The molecule has 2 aromatic carbocycles. The van der Waals surface area contributed by atoms with E-state index in [4.69, 9.17) is 14.2 Å². The van der Waals surface area contributed by atoms with Crippen molar-refractivity contribution in [2.45, 2.75) is 25.2 Å². The van der Waals surface area contributed by atoms with Crippen LogP contribution in [0.4, 0.5) is 5.69 Å². The number of ether oxygens (including phenoxy) is 3. The average Bonchev–Trinajstić information content (AvgIpc) is 3.03. The van der Waals surface area contributed by atoms with E-state index in [2.05, 4.69) is 5.32 Å². The highest BCUT2D eigenvalue weighted by atomic mass is 32.2. The highest BCUT2D eigenvalue weighted by Crippen LogP contribution is 2.32. The van der Waals surface area contributed by atoms with Crippen molar-refractivity contribution in [1.82, 2.24) is 4.31 Å². The fraction of sp³-hybridized carbons (Fsp3) is 0.364. The lowest BCUT2D eigenvalue weighted by Gasteiger charge is -2.18. The second kappa shape index (κ2) is 10.5. The molecule has 0 aliphatic carbocycles. The molecule has 10 heteroatoms. The van der Waals surface area contributed by atoms with Crippen LogP contribution < -0.4 is 14.8 Å². The van der Waals surface area contributed by atoms with Crippen molar-refractivity contribution in [2.75, 3.05) is 38.2 Å². The van der Waals surface area contributed by atoms with E-state index in [9.17, 15) is 18.0 Å². The molecular formula is C22H26N2O7S. The fourth-order valence-corrected chi connectivity index (χ4v) is 4.59. The number of esters is 1. The Morgan fingerprint density at radius 1 is 1.00 bits per heavy atom. The highest BCUT2D eigenvalue weighted by molar-refractivity contribution is 7.89. The summed E-state index contributed by atoms with van der Waals surface area (Å²) >= 11 is 0. The van der Waals surface area contributed by atoms with Gasteiger partial charge in [-0.05, 0) is 36.4 Å². The molecule has 1 N–H and O–H groups in total. The Balaban J connectivity index is 1.56. The van der Waals surface area contributed by atoms with Gasteiger partial charge in [-0.1, -0.05) is 13.8 Å². The number of hydrogen-bond acceptors (Lipinski definition) is 7. The van der Waals surface area contributed by atoms with Gasteiger partial charge in [0, 0.05) is 31.3 Å². The van der Waals surface area contributed by atoms with Crippen LogP contribution in [-0.2, 0) is 19.6 Å². The topological polar surface area (TPSA) is 111 Å². The number of benzene rings is 2. The lowest BCUT2D eigenvalue weighted by molar-refractivity contribution is -0.119. The van der Waals surface area contributed by atoms with Crippen molar-refractivity contribution in [1.29, 1.82) is 0 Å². The van der Waals surface area contributed by atoms with Crippen LogP contribution in [0.15, 0.2) is 47.4 Å². The van der Waals surface area contributed by atoms with E-state index in [1.165, 1.54) is 28.6 Å². The van der Waals surface area contributed by atoms with Crippen LogP contribution in [-0.4, -0.2) is 57.5 Å². The van der Waals surface area contributed by atoms with Crippen LogP contribution in [0.5, 0.6) is 11.5 Å². The molecule has 0 bridgehead atoms. The van der Waals surface area contributed by atoms with E-state index in [1.807, 2.05) is 0 Å². The van der Waals surface area contributed by atoms with E-state index >= 15 is 0 Å². The van der Waals surface area contributed by atoms with Gasteiger partial charge in [0.2, 0.25) is 10.0 Å². The van der Waals surface area contributed by atoms with Gasteiger partial charge in [-0.2, -0.15) is 4.31 Å². The van der Waals surface area contributed by atoms with Crippen molar-refractivity contribution >= 4 is 27.6 Å². The molecule has 0 unspecified atom stereocenters. The molecule has 0 spiro atoms. The van der Waals surface area contributed by atoms with Gasteiger partial charge in [-0.25, -0.2) is 13.2 Å². The second-order valence-electron chi connectivity index (χ2n) is 6.95. The summed E-state index contributed by atoms with van der Waals surface area (Å²) in [5.41, 5.74) is 0.633. The van der Waals surface area contributed by atoms with Crippen molar-refractivity contribution in [3.8, 4) is 11.5 Å². The summed E-state index contributed by atoms with van der Waals surface area (Å²) in [7, 11) is -3.62. The Morgan fingerprint density at radius 2 is 1.66 bits per heavy atom. The zero-order valence-electron chi connectivity index (χ0n) is 18.0. The van der Waals surface area contributed by atoms with Crippen molar-refractivity contribution in [2.24, 2.45) is 0 Å². The van der Waals surface area contributed by atoms with E-state index in [1.54, 1.807) is 32.0 Å². The van der Waals surface area contributed by atoms with Gasteiger partial charge in [0.25, 0.3) is 5.91 Å². The first-order chi connectivity index (χ1) is 15.3. The summed E-state index contributed by atoms with van der Waals surface area (Å²) in [6.45, 7) is 4.80. The van der Waals surface area contributed by atoms with Crippen molar-refractivity contribution in [3.05, 3.63) is 48.0 Å². The van der Waals surface area contributed by atoms with E-state index in [0.29, 0.717) is 43.5 Å². The number of anilines is 1. The third-order valence-corrected chi connectivity index (χ3v) is 6.86. The third kappa shape index (κ3) is 5.57. The smallest absolute Gasteiger partial charge is 0.338 e. The van der Waals surface area contributed by atoms with Crippen molar-refractivity contribution in [3.63, 3.8) is 0 Å². The van der Waals surface area contributed by atoms with Gasteiger partial charge >= 0.3 is 5.97 Å². The number of amides is 1. The number of sulfonamides is 1. The predicted molar refractivity (Wildman–Crippen MR) is 118 cm³/mol. The molecule has 1 aliphatic heterocycles. The van der Waals surface area contributed by atoms with E-state index in [0.717, 1.165) is 6.42 Å². The Kier molecular flexibility index (Phi) is 7.70. The summed E-state index contributed by atoms with van der Waals surface area (Å²) in [6, 6.07) is 10.4. The van der Waals surface area contributed by atoms with Crippen LogP contribution in [0.1, 0.15) is 30.6 Å². The molecule has 172 valence electrons. The quantitative estimate of drug-likeness (QED) is 0.601. The first-order valence-corrected chi connectivity index (χ1v) is 11.8. The Labute approximate surface area is 187 Å². The predicted octanol–water partition coefficient (Wildman–Crippen LogP) is 2.67. The third-order valence-electron chi connectivity index (χ3n) is 4.80. The van der Waals surface area contributed by atoms with Crippen molar-refractivity contribution < 1.29 is 32.2 Å². The molecule has 1 amide bonds. The molecule has 3 rings (SSSR count). The Hall–Kier alpha value is -3.11. The van der Waals surface area contributed by atoms with Crippen LogP contribution in [0.2, 0.25) is 0 Å². The van der Waals surface area contributed by atoms with Gasteiger partial charge in [-0.3, -0.25) is 4.79 Å². The van der Waals surface area contributed by atoms with Crippen LogP contribution in [0, 0.1) is 0 Å². The standard InChI is InChI=1S/C22H26N2O7S/c1-3-24(4-2)32(27,28)18-9-6-16(7-10-18)22(26)31-15-21(25)23-17-8-11-19-20(14-17)30-13-5-12-29-19/h6-11,14H,3-5,12-13,15H2,1-2H3,(H,23,25). The minimum Gasteiger partial charge on any atom is -0.490 e. The molecule has 0 aromatic heterocycles. The summed E-state index contributed by atoms with van der Waals surface area (Å²) in [4.78, 5) is 24.5. The first-order valence-electron chi connectivity index (χ1n) is 10.3. The number of rotatable bonds is 8. The zero-order valence-corrected chi connectivity index (χ0v) is 18.8. The molecule has 0 saturated carbocycles. The minimum atomic E-state index is -3.62. The first kappa shape index (κ1) is 23.6. The number of carbonyl (C=O) groups is 2. The number of hydrogen-bond donors (Lipinski definition) is 1. The van der Waals surface area contributed by atoms with Gasteiger partial charge in [0.1, 0.15) is 0 Å². The molecule has 1 aliphatic rings. The van der Waals surface area contributed by atoms with Gasteiger partial charge in [0.15, 0.2) is 18.1 Å². The van der Waals surface area contributed by atoms with Gasteiger partial charge in [-0.15, -0.1) is 0 Å². The summed E-state index contributed by atoms with van der Waals surface area (Å²) in [5, 5.41) is 2.64. The maximum Gasteiger partial charge on any atom is 0.338 e. The number of nitrogens with one attached hydrogen (secondary N) is 1. The minimum absolute atomic E-state index is 0.0879. The summed E-state index contributed by atoms with van der Waals surface area (Å²) in [6.07, 6.45) is 0.773. The monoisotopic (exact) mass is 462 g/mol. The second-order valence-corrected chi connectivity index (χ2v) is 8.89. The molecule has 32 heavy (non-hydrogen) atoms.